The smallest absolute Gasteiger partial charge is 0.328 e. The first kappa shape index (κ1) is 16.1. The number of phenols is 1. The van der Waals surface area contributed by atoms with Crippen molar-refractivity contribution < 1.29 is 14.7 Å². The minimum Gasteiger partial charge on any atom is -0.507 e. The van der Waals surface area contributed by atoms with E-state index < -0.39 is 11.9 Å². The van der Waals surface area contributed by atoms with Gasteiger partial charge in [0, 0.05) is 7.05 Å². The van der Waals surface area contributed by atoms with Gasteiger partial charge in [0.15, 0.2) is 0 Å². The number of carbonyl (C=O) groups is 2. The number of likely N-dealkylation sites (N-methyl/N-ethyl adjacent to an activating group) is 1. The van der Waals surface area contributed by atoms with Gasteiger partial charge in [0.25, 0.3) is 5.91 Å². The summed E-state index contributed by atoms with van der Waals surface area (Å²) in [6, 6.07) is 3.30. The molecule has 5 nitrogen and oxygen atoms in total. The molecule has 0 saturated carbocycles. The molecule has 1 saturated heterocycles. The van der Waals surface area contributed by atoms with Gasteiger partial charge in [-0.25, -0.2) is 4.79 Å². The first-order chi connectivity index (χ1) is 10.2. The van der Waals surface area contributed by atoms with Crippen LogP contribution in [-0.2, 0) is 4.79 Å². The van der Waals surface area contributed by atoms with Crippen molar-refractivity contribution >= 4 is 18.0 Å². The molecular weight excluding hydrogens is 280 g/mol. The van der Waals surface area contributed by atoms with E-state index in [9.17, 15) is 14.7 Å². The van der Waals surface area contributed by atoms with Crippen molar-refractivity contribution in [3.05, 3.63) is 34.5 Å². The van der Waals surface area contributed by atoms with Gasteiger partial charge in [0.1, 0.15) is 11.4 Å². The summed E-state index contributed by atoms with van der Waals surface area (Å²) in [5.74, 6) is 0.227. The lowest BCUT2D eigenvalue weighted by molar-refractivity contribution is -0.115. The van der Waals surface area contributed by atoms with Gasteiger partial charge in [0.2, 0.25) is 0 Å². The average molecular weight is 302 g/mol. The second-order valence-electron chi connectivity index (χ2n) is 6.21. The maximum Gasteiger partial charge on any atom is 0.328 e. The van der Waals surface area contributed by atoms with E-state index in [1.54, 1.807) is 13.1 Å². The van der Waals surface area contributed by atoms with Crippen molar-refractivity contribution in [1.82, 2.24) is 10.2 Å². The van der Waals surface area contributed by atoms with Gasteiger partial charge in [-0.2, -0.15) is 0 Å². The van der Waals surface area contributed by atoms with Crippen molar-refractivity contribution in [1.29, 1.82) is 0 Å². The normalized spacial score (nSPS) is 17.0. The lowest BCUT2D eigenvalue weighted by Gasteiger charge is -2.17. The molecule has 1 fully saturated rings. The molecule has 1 heterocycles. The number of nitrogens with one attached hydrogen (secondary N) is 1. The zero-order valence-electron chi connectivity index (χ0n) is 13.6. The largest absolute Gasteiger partial charge is 0.507 e. The van der Waals surface area contributed by atoms with Gasteiger partial charge in [0.05, 0.1) is 0 Å². The molecule has 1 aliphatic heterocycles. The molecule has 1 aromatic carbocycles. The number of phenolic OH excluding ortho intramolecular Hbond substituents is 1. The van der Waals surface area contributed by atoms with Gasteiger partial charge < -0.3 is 5.11 Å². The van der Waals surface area contributed by atoms with Crippen LogP contribution in [-0.4, -0.2) is 29.0 Å². The van der Waals surface area contributed by atoms with Crippen LogP contribution in [0.4, 0.5) is 4.79 Å². The number of nitrogens with zero attached hydrogens (tertiary/aromatic N) is 1. The van der Waals surface area contributed by atoms with Crippen LogP contribution >= 0.6 is 0 Å². The van der Waals surface area contributed by atoms with E-state index in [0.29, 0.717) is 11.4 Å². The van der Waals surface area contributed by atoms with E-state index in [0.717, 1.165) is 16.7 Å². The summed E-state index contributed by atoms with van der Waals surface area (Å²) in [4.78, 5) is 24.6. The van der Waals surface area contributed by atoms with E-state index in [-0.39, 0.29) is 11.8 Å². The van der Waals surface area contributed by atoms with Crippen molar-refractivity contribution in [2.24, 2.45) is 0 Å². The SMILES string of the molecule is CC(C)c1cc(/C=C2/C(=O)NC(=O)N2C)cc(C(C)C)c1O. The summed E-state index contributed by atoms with van der Waals surface area (Å²) >= 11 is 0. The summed E-state index contributed by atoms with van der Waals surface area (Å²) in [6.07, 6.45) is 1.68. The fraction of sp³-hybridized carbons (Fsp3) is 0.412. The lowest BCUT2D eigenvalue weighted by Crippen LogP contribution is -2.24. The standard InChI is InChI=1S/C17H22N2O3/c1-9(2)12-6-11(7-13(10(3)4)15(12)20)8-14-16(21)18-17(22)19(14)5/h6-10,20H,1-5H3,(H,18,21,22)/b14-8-. The number of urea groups is 1. The highest BCUT2D eigenvalue weighted by atomic mass is 16.3. The Balaban J connectivity index is 2.57. The van der Waals surface area contributed by atoms with Crippen LogP contribution in [0, 0.1) is 0 Å². The third-order valence-electron chi connectivity index (χ3n) is 3.86. The highest BCUT2D eigenvalue weighted by Gasteiger charge is 2.29. The zero-order chi connectivity index (χ0) is 16.6. The molecule has 1 aromatic rings. The molecule has 0 radical (unpaired) electrons. The Bertz CT molecular complexity index is 631. The van der Waals surface area contributed by atoms with Crippen LogP contribution in [0.15, 0.2) is 17.8 Å². The summed E-state index contributed by atoms with van der Waals surface area (Å²) in [6.45, 7) is 8.03. The highest BCUT2D eigenvalue weighted by molar-refractivity contribution is 6.13. The Kier molecular flexibility index (Phi) is 4.26. The van der Waals surface area contributed by atoms with E-state index in [1.165, 1.54) is 4.90 Å². The molecular formula is C17H22N2O3. The van der Waals surface area contributed by atoms with Crippen LogP contribution in [0.25, 0.3) is 6.08 Å². The molecule has 0 atom stereocenters. The van der Waals surface area contributed by atoms with Crippen molar-refractivity contribution in [3.63, 3.8) is 0 Å². The number of benzene rings is 1. The van der Waals surface area contributed by atoms with Crippen LogP contribution in [0.3, 0.4) is 0 Å². The predicted molar refractivity (Wildman–Crippen MR) is 85.6 cm³/mol. The van der Waals surface area contributed by atoms with E-state index in [1.807, 2.05) is 39.8 Å². The van der Waals surface area contributed by atoms with Crippen LogP contribution in [0.2, 0.25) is 0 Å². The number of rotatable bonds is 3. The fourth-order valence-electron chi connectivity index (χ4n) is 2.49. The van der Waals surface area contributed by atoms with Crippen LogP contribution in [0.5, 0.6) is 5.75 Å². The Hall–Kier alpha value is -2.30. The van der Waals surface area contributed by atoms with Crippen molar-refractivity contribution in [2.45, 2.75) is 39.5 Å². The Morgan fingerprint density at radius 3 is 1.95 bits per heavy atom. The van der Waals surface area contributed by atoms with Crippen molar-refractivity contribution in [2.75, 3.05) is 7.05 Å². The number of aromatic hydroxyl groups is 1. The van der Waals surface area contributed by atoms with Gasteiger partial charge in [-0.05, 0) is 46.7 Å². The van der Waals surface area contributed by atoms with E-state index in [4.69, 9.17) is 0 Å². The third-order valence-corrected chi connectivity index (χ3v) is 3.86. The molecule has 0 spiro atoms. The molecule has 118 valence electrons. The van der Waals surface area contributed by atoms with Crippen LogP contribution < -0.4 is 5.32 Å². The van der Waals surface area contributed by atoms with Gasteiger partial charge in [-0.1, -0.05) is 27.7 Å². The summed E-state index contributed by atoms with van der Waals surface area (Å²) < 4.78 is 0. The number of hydrogen-bond acceptors (Lipinski definition) is 3. The first-order valence-corrected chi connectivity index (χ1v) is 7.40. The second kappa shape index (κ2) is 5.83. The monoisotopic (exact) mass is 302 g/mol. The number of imide groups is 1. The van der Waals surface area contributed by atoms with Crippen LogP contribution in [0.1, 0.15) is 56.2 Å². The lowest BCUT2D eigenvalue weighted by atomic mass is 9.91. The minimum atomic E-state index is -0.428. The van der Waals surface area contributed by atoms with E-state index in [2.05, 4.69) is 5.32 Å². The van der Waals surface area contributed by atoms with Gasteiger partial charge in [-0.15, -0.1) is 0 Å². The highest BCUT2D eigenvalue weighted by Crippen LogP contribution is 2.35. The average Bonchev–Trinajstić information content (AvgIpc) is 2.66. The Labute approximate surface area is 130 Å². The Morgan fingerprint density at radius 2 is 1.59 bits per heavy atom. The minimum absolute atomic E-state index is 0.160. The first-order valence-electron chi connectivity index (χ1n) is 7.40. The quantitative estimate of drug-likeness (QED) is 0.665. The summed E-state index contributed by atoms with van der Waals surface area (Å²) in [7, 11) is 1.55. The third kappa shape index (κ3) is 2.84. The van der Waals surface area contributed by atoms with E-state index >= 15 is 0 Å². The topological polar surface area (TPSA) is 69.6 Å². The van der Waals surface area contributed by atoms with Gasteiger partial charge >= 0.3 is 6.03 Å². The second-order valence-corrected chi connectivity index (χ2v) is 6.21. The number of amides is 3. The maximum absolute atomic E-state index is 11.8. The summed E-state index contributed by atoms with van der Waals surface area (Å²) in [5, 5.41) is 12.6. The fourth-order valence-corrected chi connectivity index (χ4v) is 2.49. The molecule has 1 aliphatic rings. The Morgan fingerprint density at radius 1 is 1.09 bits per heavy atom. The molecule has 0 aliphatic carbocycles. The van der Waals surface area contributed by atoms with Crippen molar-refractivity contribution in [3.8, 4) is 5.75 Å². The number of carbonyl (C=O) groups excluding carboxylic acids is 2. The predicted octanol–water partition coefficient (Wildman–Crippen LogP) is 3.16. The zero-order valence-corrected chi connectivity index (χ0v) is 13.6. The molecule has 2 N–H and O–H groups in total. The summed E-state index contributed by atoms with van der Waals surface area (Å²) in [5.41, 5.74) is 2.79. The molecule has 3 amide bonds. The maximum atomic E-state index is 11.8. The molecule has 5 heteroatoms. The number of hydrogen-bond donors (Lipinski definition) is 2. The van der Waals surface area contributed by atoms with Gasteiger partial charge in [-0.3, -0.25) is 15.0 Å². The molecule has 0 bridgehead atoms. The molecule has 0 aromatic heterocycles. The molecule has 22 heavy (non-hydrogen) atoms. The molecule has 0 unspecified atom stereocenters. The molecule has 2 rings (SSSR count).